The molecule has 0 unspecified atom stereocenters. The molecule has 2 aliphatic rings. The molecule has 0 fully saturated rings. The number of hydrogen-bond acceptors (Lipinski definition) is 4. The lowest BCUT2D eigenvalue weighted by Gasteiger charge is -2.26. The fourth-order valence-electron chi connectivity index (χ4n) is 6.57. The molecule has 1 aromatic heterocycles. The molecule has 0 aliphatic carbocycles. The first-order chi connectivity index (χ1) is 22.0. The summed E-state index contributed by atoms with van der Waals surface area (Å²) in [5, 5.41) is 8.54. The predicted molar refractivity (Wildman–Crippen MR) is 184 cm³/mol. The molecule has 5 nitrogen and oxygen atoms in total. The molecule has 2 atom stereocenters. The van der Waals surface area contributed by atoms with E-state index in [0.717, 1.165) is 48.8 Å². The molecule has 226 valence electrons. The van der Waals surface area contributed by atoms with Crippen LogP contribution in [-0.2, 0) is 9.59 Å². The number of rotatable bonds is 7. The van der Waals surface area contributed by atoms with Crippen molar-refractivity contribution < 1.29 is 15.1 Å². The molecule has 2 aliphatic heterocycles. The number of anilines is 3. The van der Waals surface area contributed by atoms with Gasteiger partial charge in [0, 0.05) is 93.0 Å². The molecule has 0 saturated heterocycles. The van der Waals surface area contributed by atoms with Gasteiger partial charge in [-0.3, -0.25) is 9.59 Å². The molecule has 0 saturated carbocycles. The molecule has 2 amide bonds. The summed E-state index contributed by atoms with van der Waals surface area (Å²) in [6, 6.07) is 11.6. The predicted octanol–water partition coefficient (Wildman–Crippen LogP) is 9.09. The molecule has 43 heavy (non-hydrogen) atoms. The van der Waals surface area contributed by atoms with Gasteiger partial charge in [-0.15, -0.1) is 34.5 Å². The second kappa shape index (κ2) is 11.6. The van der Waals surface area contributed by atoms with Crippen molar-refractivity contribution in [3.8, 4) is 0 Å². The number of fused-ring (bicyclic) bond motifs is 6. The number of halogens is 2. The van der Waals surface area contributed by atoms with Gasteiger partial charge in [0.05, 0.1) is 0 Å². The molecule has 8 heteroatoms. The van der Waals surface area contributed by atoms with E-state index in [1.807, 2.05) is 71.0 Å². The molecular formula is C35H39Cl2N3O2S. The summed E-state index contributed by atoms with van der Waals surface area (Å²) in [4.78, 5) is 30.9. The number of hydrogen-bond donors (Lipinski definition) is 1. The van der Waals surface area contributed by atoms with E-state index in [1.54, 1.807) is 11.3 Å². The topological polar surface area (TPSA) is 52.7 Å². The Bertz CT molecular complexity index is 1920. The third-order valence-corrected chi connectivity index (χ3v) is 10.3. The van der Waals surface area contributed by atoms with Gasteiger partial charge in [-0.2, -0.15) is 0 Å². The normalized spacial score (nSPS) is 20.1. The largest absolute Gasteiger partial charge is 0.380 e. The number of carbonyl (C=O) groups excluding carboxylic acids is 2. The molecule has 1 N–H and O–H groups in total. The number of carbonyl (C=O) groups is 2. The molecule has 0 bridgehead atoms. The molecule has 0 spiro atoms. The Morgan fingerprint density at radius 3 is 2.12 bits per heavy atom. The molecule has 0 radical (unpaired) electrons. The van der Waals surface area contributed by atoms with Gasteiger partial charge in [0.15, 0.2) is 0 Å². The van der Waals surface area contributed by atoms with Crippen molar-refractivity contribution in [3.63, 3.8) is 0 Å². The van der Waals surface area contributed by atoms with E-state index in [2.05, 4.69) is 10.7 Å². The number of aryl methyl sites for hydroxylation is 2. The van der Waals surface area contributed by atoms with E-state index in [9.17, 15) is 9.59 Å². The van der Waals surface area contributed by atoms with E-state index in [0.29, 0.717) is 11.4 Å². The van der Waals surface area contributed by atoms with Crippen molar-refractivity contribution in [2.45, 2.75) is 71.2 Å². The van der Waals surface area contributed by atoms with E-state index in [1.165, 1.54) is 9.80 Å². The summed E-state index contributed by atoms with van der Waals surface area (Å²) >= 11 is 14.5. The van der Waals surface area contributed by atoms with Gasteiger partial charge >= 0.3 is 0 Å². The van der Waals surface area contributed by atoms with Crippen molar-refractivity contribution >= 4 is 84.3 Å². The molecule has 3 aromatic carbocycles. The highest BCUT2D eigenvalue weighted by atomic mass is 35.5. The highest BCUT2D eigenvalue weighted by Crippen LogP contribution is 2.47. The van der Waals surface area contributed by atoms with Gasteiger partial charge in [0.1, 0.15) is 0 Å². The Balaban J connectivity index is 1.33. The first-order valence-electron chi connectivity index (χ1n) is 16.6. The van der Waals surface area contributed by atoms with Gasteiger partial charge in [0.25, 0.3) is 0 Å². The fourth-order valence-corrected chi connectivity index (χ4v) is 8.12. The zero-order valence-corrected chi connectivity index (χ0v) is 27.4. The fraction of sp³-hybridized carbons (Fsp3) is 0.429. The summed E-state index contributed by atoms with van der Waals surface area (Å²) in [5.41, 5.74) is 5.51. The minimum Gasteiger partial charge on any atom is -0.380 e. The monoisotopic (exact) mass is 639 g/mol. The molecule has 3 heterocycles. The minimum atomic E-state index is -2.70. The lowest BCUT2D eigenvalue weighted by molar-refractivity contribution is -0.119. The zero-order chi connectivity index (χ0) is 34.2. The molecule has 4 aromatic rings. The number of amides is 2. The lowest BCUT2D eigenvalue weighted by Crippen LogP contribution is -2.32. The Morgan fingerprint density at radius 1 is 0.930 bits per heavy atom. The Hall–Kier alpha value is -2.80. The van der Waals surface area contributed by atoms with Gasteiger partial charge in [-0.05, 0) is 86.2 Å². The average molecular weight is 641 g/mol. The Labute approximate surface area is 273 Å². The van der Waals surface area contributed by atoms with Crippen LogP contribution in [0.2, 0.25) is 0 Å². The summed E-state index contributed by atoms with van der Waals surface area (Å²) in [6.07, 6.45) is -6.31. The zero-order valence-electron chi connectivity index (χ0n) is 29.1. The van der Waals surface area contributed by atoms with Gasteiger partial charge < -0.3 is 15.1 Å². The number of thiophene rings is 1. The van der Waals surface area contributed by atoms with Crippen LogP contribution in [0.15, 0.2) is 41.8 Å². The van der Waals surface area contributed by atoms with Crippen LogP contribution < -0.4 is 15.1 Å². The Morgan fingerprint density at radius 2 is 1.51 bits per heavy atom. The second-order valence-corrected chi connectivity index (χ2v) is 14.1. The smallest absolute Gasteiger partial charge is 0.227 e. The van der Waals surface area contributed by atoms with Crippen molar-refractivity contribution in [2.75, 3.05) is 40.0 Å². The van der Waals surface area contributed by atoms with Gasteiger partial charge in [-0.25, -0.2) is 0 Å². The summed E-state index contributed by atoms with van der Waals surface area (Å²) in [7, 11) is 0. The van der Waals surface area contributed by atoms with Crippen LogP contribution in [-0.4, -0.2) is 42.2 Å². The summed E-state index contributed by atoms with van der Waals surface area (Å²) in [5.74, 6) is -1.73. The van der Waals surface area contributed by atoms with Gasteiger partial charge in [0.2, 0.25) is 11.8 Å². The van der Waals surface area contributed by atoms with Crippen LogP contribution in [0.25, 0.3) is 20.9 Å². The Kier molecular flexibility index (Phi) is 6.89. The SMILES string of the molecule is [2H]C([2H])(CC([2H])([2H])C(=O)N1C[C@@H](CCl)c2c1cc(C)c1scc(C)c21)C(=O)N1C[C@@H](CCl)c2c1cc(NC(C)(C)C)c1ccccc21. The first kappa shape index (κ1) is 25.5. The van der Waals surface area contributed by atoms with Crippen LogP contribution in [0.5, 0.6) is 0 Å². The number of alkyl halides is 2. The van der Waals surface area contributed by atoms with Crippen LogP contribution in [0, 0.1) is 13.8 Å². The molecular weight excluding hydrogens is 597 g/mol. The van der Waals surface area contributed by atoms with Crippen LogP contribution >= 0.6 is 34.5 Å². The maximum absolute atomic E-state index is 14.1. The van der Waals surface area contributed by atoms with Crippen LogP contribution in [0.1, 0.15) is 79.5 Å². The van der Waals surface area contributed by atoms with Crippen LogP contribution in [0.4, 0.5) is 17.1 Å². The highest BCUT2D eigenvalue weighted by molar-refractivity contribution is 7.17. The summed E-state index contributed by atoms with van der Waals surface area (Å²) < 4.78 is 36.7. The van der Waals surface area contributed by atoms with Crippen molar-refractivity contribution in [2.24, 2.45) is 0 Å². The van der Waals surface area contributed by atoms with Crippen molar-refractivity contribution in [3.05, 3.63) is 64.0 Å². The maximum atomic E-state index is 14.1. The van der Waals surface area contributed by atoms with E-state index in [-0.39, 0.29) is 42.2 Å². The maximum Gasteiger partial charge on any atom is 0.227 e. The van der Waals surface area contributed by atoms with Crippen molar-refractivity contribution in [1.82, 2.24) is 0 Å². The number of benzene rings is 3. The first-order valence-corrected chi connectivity index (χ1v) is 16.5. The van der Waals surface area contributed by atoms with Crippen molar-refractivity contribution in [1.29, 1.82) is 0 Å². The quantitative estimate of drug-likeness (QED) is 0.205. The van der Waals surface area contributed by atoms with E-state index in [4.69, 9.17) is 28.7 Å². The summed E-state index contributed by atoms with van der Waals surface area (Å²) in [6.45, 7) is 10.4. The third kappa shape index (κ3) is 5.40. The molecule has 6 rings (SSSR count). The van der Waals surface area contributed by atoms with E-state index < -0.39 is 31.0 Å². The second-order valence-electron chi connectivity index (χ2n) is 12.6. The minimum absolute atomic E-state index is 0.156. The van der Waals surface area contributed by atoms with Crippen LogP contribution in [0.3, 0.4) is 0 Å². The number of nitrogens with one attached hydrogen (secondary N) is 1. The third-order valence-electron chi connectivity index (χ3n) is 8.35. The average Bonchev–Trinajstić information content (AvgIpc) is 3.68. The standard InChI is InChI=1S/C35H39Cl2N3O2S/c1-20-13-27-33(31-21(2)19-43-34(20)31)23(16-37)18-39(27)29(41)11-8-12-30(42)40-17-22(15-36)32-25-10-7-6-9-24(25)26(14-28(32)40)38-35(3,4)5/h6-7,9-10,13-14,19,22-23,38H,8,11-12,15-18H2,1-5H3/t22-,23-/m1/s1/i11D2,12D2. The van der Waals surface area contributed by atoms with E-state index >= 15 is 0 Å². The number of nitrogens with zero attached hydrogens (tertiary/aromatic N) is 2. The lowest BCUT2D eigenvalue weighted by atomic mass is 9.94. The highest BCUT2D eigenvalue weighted by Gasteiger charge is 2.36. The van der Waals surface area contributed by atoms with Gasteiger partial charge in [-0.1, -0.05) is 24.3 Å².